The lowest BCUT2D eigenvalue weighted by Gasteiger charge is -2.23. The molecule has 2 heterocycles. The van der Waals surface area contributed by atoms with Crippen molar-refractivity contribution in [1.82, 2.24) is 14.9 Å². The second kappa shape index (κ2) is 6.46. The van der Waals surface area contributed by atoms with Crippen LogP contribution < -0.4 is 0 Å². The van der Waals surface area contributed by atoms with Crippen LogP contribution in [0.2, 0.25) is 5.02 Å². The molecule has 3 nitrogen and oxygen atoms in total. The largest absolute Gasteiger partial charge is 0.367 e. The number of aromatic nitrogens is 2. The van der Waals surface area contributed by atoms with Crippen molar-refractivity contribution in [3.05, 3.63) is 81.2 Å². The molecular formula is C19H15BrClN3. The maximum atomic E-state index is 5.95. The Balaban J connectivity index is 1.52. The molecule has 0 bridgehead atoms. The lowest BCUT2D eigenvalue weighted by atomic mass is 10.2. The number of halogens is 2. The van der Waals surface area contributed by atoms with Gasteiger partial charge in [0.15, 0.2) is 0 Å². The van der Waals surface area contributed by atoms with Gasteiger partial charge in [0, 0.05) is 27.8 Å². The number of hydrogen-bond acceptors (Lipinski definition) is 2. The molecule has 0 amide bonds. The first kappa shape index (κ1) is 15.5. The Morgan fingerprint density at radius 1 is 1.08 bits per heavy atom. The van der Waals surface area contributed by atoms with Crippen molar-refractivity contribution in [3.8, 4) is 11.4 Å². The fourth-order valence-electron chi connectivity index (χ4n) is 2.79. The summed E-state index contributed by atoms with van der Waals surface area (Å²) in [5.41, 5.74) is 4.47. The minimum Gasteiger partial charge on any atom is -0.367 e. The van der Waals surface area contributed by atoms with E-state index in [1.165, 1.54) is 5.56 Å². The topological polar surface area (TPSA) is 31.9 Å². The van der Waals surface area contributed by atoms with E-state index < -0.39 is 0 Å². The van der Waals surface area contributed by atoms with E-state index in [2.05, 4.69) is 67.3 Å². The maximum absolute atomic E-state index is 5.95. The van der Waals surface area contributed by atoms with E-state index in [1.807, 2.05) is 24.3 Å². The van der Waals surface area contributed by atoms with Crippen LogP contribution in [0, 0.1) is 0 Å². The van der Waals surface area contributed by atoms with Crippen LogP contribution in [-0.2, 0) is 13.1 Å². The van der Waals surface area contributed by atoms with Crippen molar-refractivity contribution in [2.45, 2.75) is 13.1 Å². The van der Waals surface area contributed by atoms with Crippen molar-refractivity contribution >= 4 is 33.6 Å². The average Bonchev–Trinajstić information content (AvgIpc) is 3.01. The molecule has 0 saturated heterocycles. The van der Waals surface area contributed by atoms with Crippen LogP contribution in [0.5, 0.6) is 0 Å². The van der Waals surface area contributed by atoms with E-state index in [9.17, 15) is 0 Å². The van der Waals surface area contributed by atoms with Gasteiger partial charge in [-0.05, 0) is 48.0 Å². The maximum Gasteiger partial charge on any atom is 0.138 e. The average molecular weight is 401 g/mol. The smallest absolute Gasteiger partial charge is 0.138 e. The van der Waals surface area contributed by atoms with Crippen molar-refractivity contribution in [2.24, 2.45) is 0 Å². The molecule has 0 saturated carbocycles. The first-order valence-electron chi connectivity index (χ1n) is 7.69. The predicted octanol–water partition coefficient (Wildman–Crippen LogP) is 5.48. The Bertz CT molecular complexity index is 882. The van der Waals surface area contributed by atoms with Gasteiger partial charge in [0.25, 0.3) is 0 Å². The monoisotopic (exact) mass is 399 g/mol. The van der Waals surface area contributed by atoms with Crippen LogP contribution in [0.4, 0.5) is 0 Å². The van der Waals surface area contributed by atoms with Gasteiger partial charge in [-0.25, -0.2) is 4.98 Å². The number of aromatic amines is 1. The minimum atomic E-state index is 0.732. The standard InChI is InChI=1S/C19H15BrClN3/c20-15-5-1-13(2-6-15)11-24-10-9-17-18(12-24)23-19(22-17)14-3-7-16(21)8-4-14/h1-10H,11-12H2,(H,22,23). The summed E-state index contributed by atoms with van der Waals surface area (Å²) in [4.78, 5) is 10.4. The number of imidazole rings is 1. The Morgan fingerprint density at radius 3 is 2.58 bits per heavy atom. The fourth-order valence-corrected chi connectivity index (χ4v) is 3.18. The zero-order chi connectivity index (χ0) is 16.5. The van der Waals surface area contributed by atoms with Gasteiger partial charge in [0.2, 0.25) is 0 Å². The van der Waals surface area contributed by atoms with Gasteiger partial charge in [0.1, 0.15) is 5.82 Å². The Morgan fingerprint density at radius 2 is 1.83 bits per heavy atom. The summed E-state index contributed by atoms with van der Waals surface area (Å²) in [5.74, 6) is 0.881. The summed E-state index contributed by atoms with van der Waals surface area (Å²) >= 11 is 9.43. The molecule has 0 aliphatic carbocycles. The number of H-pyrrole nitrogens is 1. The highest BCUT2D eigenvalue weighted by molar-refractivity contribution is 9.10. The zero-order valence-electron chi connectivity index (χ0n) is 12.8. The summed E-state index contributed by atoms with van der Waals surface area (Å²) in [6, 6.07) is 16.2. The first-order chi connectivity index (χ1) is 11.7. The summed E-state index contributed by atoms with van der Waals surface area (Å²) in [7, 11) is 0. The normalized spacial score (nSPS) is 13.2. The molecule has 1 aliphatic heterocycles. The van der Waals surface area contributed by atoms with E-state index in [4.69, 9.17) is 11.6 Å². The molecule has 0 radical (unpaired) electrons. The van der Waals surface area contributed by atoms with Gasteiger partial charge < -0.3 is 9.88 Å². The molecule has 1 aliphatic rings. The first-order valence-corrected chi connectivity index (χ1v) is 8.86. The van der Waals surface area contributed by atoms with Crippen molar-refractivity contribution in [3.63, 3.8) is 0 Å². The van der Waals surface area contributed by atoms with Gasteiger partial charge in [-0.2, -0.15) is 0 Å². The number of nitrogens with zero attached hydrogens (tertiary/aromatic N) is 2. The highest BCUT2D eigenvalue weighted by atomic mass is 79.9. The van der Waals surface area contributed by atoms with E-state index in [0.717, 1.165) is 45.4 Å². The Kier molecular flexibility index (Phi) is 4.17. The van der Waals surface area contributed by atoms with Gasteiger partial charge in [-0.1, -0.05) is 39.7 Å². The predicted molar refractivity (Wildman–Crippen MR) is 101 cm³/mol. The van der Waals surface area contributed by atoms with E-state index in [-0.39, 0.29) is 0 Å². The number of nitrogens with one attached hydrogen (secondary N) is 1. The van der Waals surface area contributed by atoms with Crippen molar-refractivity contribution < 1.29 is 0 Å². The molecular weight excluding hydrogens is 386 g/mol. The summed E-state index contributed by atoms with van der Waals surface area (Å²) < 4.78 is 1.10. The van der Waals surface area contributed by atoms with Gasteiger partial charge in [-0.15, -0.1) is 0 Å². The molecule has 5 heteroatoms. The quantitative estimate of drug-likeness (QED) is 0.631. The Hall–Kier alpha value is -2.04. The van der Waals surface area contributed by atoms with E-state index in [1.54, 1.807) is 0 Å². The summed E-state index contributed by atoms with van der Waals surface area (Å²) in [6.07, 6.45) is 4.17. The van der Waals surface area contributed by atoms with Gasteiger partial charge in [-0.3, -0.25) is 0 Å². The van der Waals surface area contributed by atoms with Gasteiger partial charge >= 0.3 is 0 Å². The number of fused-ring (bicyclic) bond motifs is 1. The fraction of sp³-hybridized carbons (Fsp3) is 0.105. The molecule has 24 heavy (non-hydrogen) atoms. The van der Waals surface area contributed by atoms with Crippen molar-refractivity contribution in [2.75, 3.05) is 0 Å². The van der Waals surface area contributed by atoms with Crippen LogP contribution in [0.15, 0.2) is 59.2 Å². The molecule has 120 valence electrons. The summed E-state index contributed by atoms with van der Waals surface area (Å²) in [5, 5.41) is 0.732. The molecule has 4 rings (SSSR count). The van der Waals surface area contributed by atoms with Crippen molar-refractivity contribution in [1.29, 1.82) is 0 Å². The number of hydrogen-bond donors (Lipinski definition) is 1. The number of benzene rings is 2. The van der Waals surface area contributed by atoms with Gasteiger partial charge in [0.05, 0.1) is 17.9 Å². The molecule has 0 spiro atoms. The summed E-state index contributed by atoms with van der Waals surface area (Å²) in [6.45, 7) is 1.70. The molecule has 3 aromatic rings. The lowest BCUT2D eigenvalue weighted by Crippen LogP contribution is -2.19. The SMILES string of the molecule is Clc1ccc(-c2nc3c([nH]2)CN(Cc2ccc(Br)cc2)C=C3)cc1. The Labute approximate surface area is 154 Å². The molecule has 2 aromatic carbocycles. The molecule has 1 aromatic heterocycles. The van der Waals surface area contributed by atoms with E-state index >= 15 is 0 Å². The lowest BCUT2D eigenvalue weighted by molar-refractivity contribution is 0.355. The van der Waals surface area contributed by atoms with E-state index in [0.29, 0.717) is 0 Å². The highest BCUT2D eigenvalue weighted by Crippen LogP contribution is 2.25. The van der Waals surface area contributed by atoms with Crippen LogP contribution >= 0.6 is 27.5 Å². The second-order valence-corrected chi connectivity index (χ2v) is 7.16. The molecule has 0 atom stereocenters. The molecule has 1 N–H and O–H groups in total. The third-order valence-corrected chi connectivity index (χ3v) is 4.81. The second-order valence-electron chi connectivity index (χ2n) is 5.80. The zero-order valence-corrected chi connectivity index (χ0v) is 15.2. The van der Waals surface area contributed by atoms with Crippen LogP contribution in [-0.4, -0.2) is 14.9 Å². The molecule has 0 unspecified atom stereocenters. The number of rotatable bonds is 3. The third kappa shape index (κ3) is 3.25. The highest BCUT2D eigenvalue weighted by Gasteiger charge is 2.16. The third-order valence-electron chi connectivity index (χ3n) is 4.03. The minimum absolute atomic E-state index is 0.732. The van der Waals surface area contributed by atoms with Crippen LogP contribution in [0.25, 0.3) is 17.5 Å². The van der Waals surface area contributed by atoms with Crippen LogP contribution in [0.1, 0.15) is 17.0 Å². The van der Waals surface area contributed by atoms with Crippen LogP contribution in [0.3, 0.4) is 0 Å². The molecule has 0 fully saturated rings.